The Kier molecular flexibility index (Phi) is 2.23. The highest BCUT2D eigenvalue weighted by Gasteiger charge is 2.22. The zero-order valence-corrected chi connectivity index (χ0v) is 9.60. The molecule has 0 aromatic heterocycles. The lowest BCUT2D eigenvalue weighted by Crippen LogP contribution is -2.36. The fourth-order valence-electron chi connectivity index (χ4n) is 1.51. The standard InChI is InChI=1S/C10H11BrN2O/c1-5-3-7(11)9-8(4-5)13-10(14)6(2)12-9/h3-4,6,12H,1-2H3,(H,13,14). The summed E-state index contributed by atoms with van der Waals surface area (Å²) in [6.07, 6.45) is 0. The Labute approximate surface area is 91.0 Å². The average molecular weight is 255 g/mol. The van der Waals surface area contributed by atoms with Crippen molar-refractivity contribution in [2.24, 2.45) is 0 Å². The zero-order chi connectivity index (χ0) is 10.3. The van der Waals surface area contributed by atoms with Gasteiger partial charge in [0.25, 0.3) is 0 Å². The molecule has 2 N–H and O–H groups in total. The van der Waals surface area contributed by atoms with Crippen LogP contribution in [0, 0.1) is 6.92 Å². The van der Waals surface area contributed by atoms with Gasteiger partial charge < -0.3 is 10.6 Å². The Balaban J connectivity index is 2.51. The number of hydrogen-bond acceptors (Lipinski definition) is 2. The quantitative estimate of drug-likeness (QED) is 0.747. The first-order valence-corrected chi connectivity index (χ1v) is 5.25. The van der Waals surface area contributed by atoms with Crippen LogP contribution in [0.1, 0.15) is 12.5 Å². The third-order valence-electron chi connectivity index (χ3n) is 2.25. The monoisotopic (exact) mass is 254 g/mol. The normalized spacial score (nSPS) is 19.6. The van der Waals surface area contributed by atoms with Gasteiger partial charge in [-0.15, -0.1) is 0 Å². The van der Waals surface area contributed by atoms with Crippen molar-refractivity contribution in [2.75, 3.05) is 10.6 Å². The highest BCUT2D eigenvalue weighted by atomic mass is 79.9. The molecule has 1 aliphatic heterocycles. The molecule has 1 amide bonds. The van der Waals surface area contributed by atoms with E-state index in [1.54, 1.807) is 0 Å². The maximum Gasteiger partial charge on any atom is 0.246 e. The second kappa shape index (κ2) is 3.28. The Bertz CT molecular complexity index is 403. The fourth-order valence-corrected chi connectivity index (χ4v) is 2.20. The first-order valence-electron chi connectivity index (χ1n) is 4.45. The van der Waals surface area contributed by atoms with E-state index in [2.05, 4.69) is 26.6 Å². The second-order valence-electron chi connectivity index (χ2n) is 3.52. The average Bonchev–Trinajstić information content (AvgIpc) is 2.08. The number of hydrogen-bond donors (Lipinski definition) is 2. The van der Waals surface area contributed by atoms with Crippen LogP contribution in [0.3, 0.4) is 0 Å². The highest BCUT2D eigenvalue weighted by molar-refractivity contribution is 9.10. The van der Waals surface area contributed by atoms with Crippen molar-refractivity contribution >= 4 is 33.2 Å². The van der Waals surface area contributed by atoms with E-state index in [-0.39, 0.29) is 11.9 Å². The van der Waals surface area contributed by atoms with E-state index in [0.717, 1.165) is 21.4 Å². The van der Waals surface area contributed by atoms with Crippen LogP contribution >= 0.6 is 15.9 Å². The molecule has 0 saturated heterocycles. The van der Waals surface area contributed by atoms with Crippen molar-refractivity contribution in [3.63, 3.8) is 0 Å². The van der Waals surface area contributed by atoms with Gasteiger partial charge in [0.15, 0.2) is 0 Å². The van der Waals surface area contributed by atoms with Gasteiger partial charge in [-0.25, -0.2) is 0 Å². The molecule has 74 valence electrons. The number of rotatable bonds is 0. The Morgan fingerprint density at radius 1 is 1.43 bits per heavy atom. The molecule has 0 fully saturated rings. The number of carbonyl (C=O) groups is 1. The number of amides is 1. The van der Waals surface area contributed by atoms with Gasteiger partial charge >= 0.3 is 0 Å². The maximum absolute atomic E-state index is 11.4. The fraction of sp³-hybridized carbons (Fsp3) is 0.300. The number of carbonyl (C=O) groups excluding carboxylic acids is 1. The number of anilines is 2. The predicted octanol–water partition coefficient (Wildman–Crippen LogP) is 2.51. The molecule has 1 unspecified atom stereocenters. The predicted molar refractivity (Wildman–Crippen MR) is 60.6 cm³/mol. The molecular weight excluding hydrogens is 244 g/mol. The lowest BCUT2D eigenvalue weighted by atomic mass is 10.1. The van der Waals surface area contributed by atoms with E-state index >= 15 is 0 Å². The molecular formula is C10H11BrN2O. The van der Waals surface area contributed by atoms with Gasteiger partial charge in [0.05, 0.1) is 11.4 Å². The van der Waals surface area contributed by atoms with E-state index in [4.69, 9.17) is 0 Å². The van der Waals surface area contributed by atoms with E-state index in [1.165, 1.54) is 0 Å². The number of nitrogens with one attached hydrogen (secondary N) is 2. The Morgan fingerprint density at radius 2 is 2.14 bits per heavy atom. The lowest BCUT2D eigenvalue weighted by molar-refractivity contribution is -0.116. The Hall–Kier alpha value is -1.03. The third-order valence-corrected chi connectivity index (χ3v) is 2.87. The van der Waals surface area contributed by atoms with Crippen LogP contribution in [0.15, 0.2) is 16.6 Å². The first kappa shape index (κ1) is 9.52. The van der Waals surface area contributed by atoms with E-state index in [1.807, 2.05) is 26.0 Å². The SMILES string of the molecule is Cc1cc(Br)c2c(c1)NC(=O)C(C)N2. The largest absolute Gasteiger partial charge is 0.371 e. The molecule has 0 spiro atoms. The number of aryl methyl sites for hydroxylation is 1. The van der Waals surface area contributed by atoms with Gasteiger partial charge in [-0.3, -0.25) is 4.79 Å². The summed E-state index contributed by atoms with van der Waals surface area (Å²) >= 11 is 3.47. The minimum atomic E-state index is -0.179. The van der Waals surface area contributed by atoms with Crippen LogP contribution in [0.2, 0.25) is 0 Å². The van der Waals surface area contributed by atoms with Gasteiger partial charge in [-0.1, -0.05) is 0 Å². The van der Waals surface area contributed by atoms with Crippen LogP contribution in [-0.2, 0) is 4.79 Å². The van der Waals surface area contributed by atoms with Crippen LogP contribution < -0.4 is 10.6 Å². The van der Waals surface area contributed by atoms with Crippen molar-refractivity contribution < 1.29 is 4.79 Å². The van der Waals surface area contributed by atoms with Crippen molar-refractivity contribution in [1.82, 2.24) is 0 Å². The number of benzene rings is 1. The molecule has 0 radical (unpaired) electrons. The summed E-state index contributed by atoms with van der Waals surface area (Å²) in [5.41, 5.74) is 2.93. The van der Waals surface area contributed by atoms with E-state index < -0.39 is 0 Å². The third kappa shape index (κ3) is 1.50. The summed E-state index contributed by atoms with van der Waals surface area (Å²) < 4.78 is 0.986. The van der Waals surface area contributed by atoms with Crippen molar-refractivity contribution in [3.8, 4) is 0 Å². The van der Waals surface area contributed by atoms with E-state index in [0.29, 0.717) is 0 Å². The molecule has 3 nitrogen and oxygen atoms in total. The summed E-state index contributed by atoms with van der Waals surface area (Å²) in [5.74, 6) is 0.00926. The lowest BCUT2D eigenvalue weighted by Gasteiger charge is -2.25. The first-order chi connectivity index (χ1) is 6.58. The summed E-state index contributed by atoms with van der Waals surface area (Å²) in [6, 6.07) is 3.80. The summed E-state index contributed by atoms with van der Waals surface area (Å²) in [5, 5.41) is 6.01. The molecule has 1 atom stereocenters. The number of halogens is 1. The molecule has 0 aliphatic carbocycles. The van der Waals surface area contributed by atoms with Crippen LogP contribution in [-0.4, -0.2) is 11.9 Å². The molecule has 1 aliphatic rings. The van der Waals surface area contributed by atoms with Gasteiger partial charge in [0, 0.05) is 4.47 Å². The van der Waals surface area contributed by atoms with Crippen molar-refractivity contribution in [2.45, 2.75) is 19.9 Å². The number of fused-ring (bicyclic) bond motifs is 1. The van der Waals surface area contributed by atoms with Crippen LogP contribution in [0.4, 0.5) is 11.4 Å². The zero-order valence-electron chi connectivity index (χ0n) is 8.02. The van der Waals surface area contributed by atoms with E-state index in [9.17, 15) is 4.79 Å². The Morgan fingerprint density at radius 3 is 2.86 bits per heavy atom. The van der Waals surface area contributed by atoms with Crippen LogP contribution in [0.25, 0.3) is 0 Å². The van der Waals surface area contributed by atoms with Gasteiger partial charge in [0.2, 0.25) is 5.91 Å². The molecule has 0 saturated carbocycles. The highest BCUT2D eigenvalue weighted by Crippen LogP contribution is 2.35. The van der Waals surface area contributed by atoms with Gasteiger partial charge in [-0.05, 0) is 47.5 Å². The van der Waals surface area contributed by atoms with Gasteiger partial charge in [0.1, 0.15) is 6.04 Å². The summed E-state index contributed by atoms with van der Waals surface area (Å²) in [7, 11) is 0. The topological polar surface area (TPSA) is 41.1 Å². The molecule has 1 aromatic carbocycles. The molecule has 1 aromatic rings. The smallest absolute Gasteiger partial charge is 0.246 e. The minimum absolute atomic E-state index is 0.00926. The molecule has 4 heteroatoms. The van der Waals surface area contributed by atoms with Crippen LogP contribution in [0.5, 0.6) is 0 Å². The molecule has 1 heterocycles. The minimum Gasteiger partial charge on any atom is -0.371 e. The van der Waals surface area contributed by atoms with Gasteiger partial charge in [-0.2, -0.15) is 0 Å². The molecule has 0 bridgehead atoms. The second-order valence-corrected chi connectivity index (χ2v) is 4.38. The summed E-state index contributed by atoms with van der Waals surface area (Å²) in [6.45, 7) is 3.83. The summed E-state index contributed by atoms with van der Waals surface area (Å²) in [4.78, 5) is 11.4. The maximum atomic E-state index is 11.4. The van der Waals surface area contributed by atoms with Crippen molar-refractivity contribution in [1.29, 1.82) is 0 Å². The van der Waals surface area contributed by atoms with Crippen molar-refractivity contribution in [3.05, 3.63) is 22.2 Å². The molecule has 2 rings (SSSR count). The molecule has 14 heavy (non-hydrogen) atoms.